The highest BCUT2D eigenvalue weighted by Crippen LogP contribution is 2.43. The van der Waals surface area contributed by atoms with E-state index in [0.717, 1.165) is 50.0 Å². The van der Waals surface area contributed by atoms with E-state index in [0.29, 0.717) is 5.82 Å². The predicted octanol–water partition coefficient (Wildman–Crippen LogP) is 11.8. The van der Waals surface area contributed by atoms with Gasteiger partial charge in [0.05, 0.1) is 16.6 Å². The lowest BCUT2D eigenvalue weighted by Gasteiger charge is -2.14. The Hall–Kier alpha value is -6.78. The highest BCUT2D eigenvalue weighted by Gasteiger charge is 2.25. The summed E-state index contributed by atoms with van der Waals surface area (Å²) in [5.41, 5.74) is 7.28. The average Bonchev–Trinajstić information content (AvgIpc) is 3.70. The van der Waals surface area contributed by atoms with E-state index in [1.807, 2.05) is 6.07 Å². The Balaban J connectivity index is 1.41. The molecule has 0 unspecified atom stereocenters. The normalized spacial score (nSPS) is 12.0. The van der Waals surface area contributed by atoms with Crippen LogP contribution in [0.25, 0.3) is 99.0 Å². The summed E-state index contributed by atoms with van der Waals surface area (Å²) in [4.78, 5) is 11.0. The van der Waals surface area contributed by atoms with E-state index in [4.69, 9.17) is 9.97 Å². The van der Waals surface area contributed by atoms with Crippen molar-refractivity contribution < 1.29 is 0 Å². The van der Waals surface area contributed by atoms with Gasteiger partial charge in [-0.2, -0.15) is 0 Å². The van der Waals surface area contributed by atoms with Gasteiger partial charge in [-0.05, 0) is 68.7 Å². The van der Waals surface area contributed by atoms with Crippen LogP contribution in [-0.2, 0) is 0 Å². The maximum atomic E-state index is 5.56. The number of benzene rings is 8. The van der Waals surface area contributed by atoms with Gasteiger partial charge in [-0.1, -0.05) is 133 Å². The smallest absolute Gasteiger partial charge is 0.166 e. The first kappa shape index (κ1) is 27.2. The van der Waals surface area contributed by atoms with Gasteiger partial charge in [0.1, 0.15) is 11.0 Å². The van der Waals surface area contributed by atoms with Gasteiger partial charge >= 0.3 is 0 Å². The van der Waals surface area contributed by atoms with E-state index in [-0.39, 0.29) is 0 Å². The molecule has 3 aromatic heterocycles. The summed E-state index contributed by atoms with van der Waals surface area (Å²) in [7, 11) is 0. The fraction of sp³-hybridized carbons (Fsp3) is 0. The summed E-state index contributed by atoms with van der Waals surface area (Å²) in [6, 6.07) is 60.6. The van der Waals surface area contributed by atoms with Crippen molar-refractivity contribution in [1.82, 2.24) is 19.1 Å². The second kappa shape index (κ2) is 10.4. The highest BCUT2D eigenvalue weighted by molar-refractivity contribution is 6.29. The molecule has 0 bridgehead atoms. The van der Waals surface area contributed by atoms with E-state index >= 15 is 0 Å². The zero-order valence-corrected chi connectivity index (χ0v) is 27.0. The lowest BCUT2D eigenvalue weighted by Crippen LogP contribution is -2.05. The zero-order chi connectivity index (χ0) is 32.8. The molecule has 0 aliphatic carbocycles. The Kier molecular flexibility index (Phi) is 5.63. The van der Waals surface area contributed by atoms with Gasteiger partial charge in [0.15, 0.2) is 11.6 Å². The van der Waals surface area contributed by atoms with Crippen LogP contribution in [0.4, 0.5) is 0 Å². The Morgan fingerprint density at radius 2 is 0.920 bits per heavy atom. The largest absolute Gasteiger partial charge is 0.305 e. The SMILES string of the molecule is c1ccc(-c2nc(-n3c4ccc5ccccc5c4c4c5ccccc5ccc43)c3c(n2)c2cc4ccccc4cc2n3-c2ccccc2)cc1. The van der Waals surface area contributed by atoms with Crippen molar-refractivity contribution in [3.8, 4) is 22.9 Å². The molecule has 4 nitrogen and oxygen atoms in total. The molecule has 0 spiro atoms. The molecule has 11 aromatic rings. The quantitative estimate of drug-likeness (QED) is 0.193. The van der Waals surface area contributed by atoms with Gasteiger partial charge in [-0.25, -0.2) is 9.97 Å². The first-order valence-corrected chi connectivity index (χ1v) is 17.0. The van der Waals surface area contributed by atoms with Crippen LogP contribution in [0.2, 0.25) is 0 Å². The number of hydrogen-bond donors (Lipinski definition) is 0. The minimum absolute atomic E-state index is 0.699. The number of nitrogens with zero attached hydrogens (tertiary/aromatic N) is 4. The molecule has 11 rings (SSSR count). The molecule has 3 heterocycles. The second-order valence-corrected chi connectivity index (χ2v) is 13.0. The molecular weight excluding hydrogens is 609 g/mol. The van der Waals surface area contributed by atoms with E-state index < -0.39 is 0 Å². The molecule has 0 saturated heterocycles. The summed E-state index contributed by atoms with van der Waals surface area (Å²) < 4.78 is 4.75. The topological polar surface area (TPSA) is 35.6 Å². The molecule has 232 valence electrons. The molecule has 0 aliphatic rings. The maximum Gasteiger partial charge on any atom is 0.166 e. The van der Waals surface area contributed by atoms with E-state index in [9.17, 15) is 0 Å². The average molecular weight is 637 g/mol. The third-order valence-electron chi connectivity index (χ3n) is 10.3. The minimum atomic E-state index is 0.699. The Bertz CT molecular complexity index is 3040. The summed E-state index contributed by atoms with van der Waals surface area (Å²) in [6.07, 6.45) is 0. The van der Waals surface area contributed by atoms with Gasteiger partial charge in [0.2, 0.25) is 0 Å². The molecule has 0 saturated carbocycles. The highest BCUT2D eigenvalue weighted by atomic mass is 15.1. The number of aromatic nitrogens is 4. The lowest BCUT2D eigenvalue weighted by molar-refractivity contribution is 1.05. The summed E-state index contributed by atoms with van der Waals surface area (Å²) in [5.74, 6) is 1.55. The van der Waals surface area contributed by atoms with Crippen molar-refractivity contribution >= 4 is 76.1 Å². The molecule has 0 fully saturated rings. The Morgan fingerprint density at radius 1 is 0.380 bits per heavy atom. The number of para-hydroxylation sites is 1. The second-order valence-electron chi connectivity index (χ2n) is 13.0. The third-order valence-corrected chi connectivity index (χ3v) is 10.3. The molecule has 8 aromatic carbocycles. The molecule has 0 N–H and O–H groups in total. The van der Waals surface area contributed by atoms with E-state index in [1.165, 1.54) is 43.1 Å². The molecule has 50 heavy (non-hydrogen) atoms. The van der Waals surface area contributed by atoms with Gasteiger partial charge in [-0.3, -0.25) is 4.57 Å². The molecule has 0 atom stereocenters. The predicted molar refractivity (Wildman–Crippen MR) is 209 cm³/mol. The van der Waals surface area contributed by atoms with E-state index in [2.05, 4.69) is 173 Å². The van der Waals surface area contributed by atoms with Crippen LogP contribution in [0.5, 0.6) is 0 Å². The molecule has 0 aliphatic heterocycles. The monoisotopic (exact) mass is 636 g/mol. The fourth-order valence-corrected chi connectivity index (χ4v) is 8.05. The molecule has 0 radical (unpaired) electrons. The van der Waals surface area contributed by atoms with Gasteiger partial charge in [0.25, 0.3) is 0 Å². The van der Waals surface area contributed by atoms with Crippen LogP contribution in [0, 0.1) is 0 Å². The summed E-state index contributed by atoms with van der Waals surface area (Å²) in [6.45, 7) is 0. The Morgan fingerprint density at radius 3 is 1.56 bits per heavy atom. The van der Waals surface area contributed by atoms with Crippen LogP contribution >= 0.6 is 0 Å². The van der Waals surface area contributed by atoms with Crippen LogP contribution in [0.1, 0.15) is 0 Å². The van der Waals surface area contributed by atoms with Crippen LogP contribution < -0.4 is 0 Å². The van der Waals surface area contributed by atoms with Crippen LogP contribution in [0.15, 0.2) is 170 Å². The zero-order valence-electron chi connectivity index (χ0n) is 27.0. The van der Waals surface area contributed by atoms with Crippen molar-refractivity contribution in [3.63, 3.8) is 0 Å². The van der Waals surface area contributed by atoms with E-state index in [1.54, 1.807) is 0 Å². The fourth-order valence-electron chi connectivity index (χ4n) is 8.05. The van der Waals surface area contributed by atoms with Crippen molar-refractivity contribution in [2.45, 2.75) is 0 Å². The maximum absolute atomic E-state index is 5.56. The van der Waals surface area contributed by atoms with Gasteiger partial charge < -0.3 is 4.57 Å². The summed E-state index contributed by atoms with van der Waals surface area (Å²) >= 11 is 0. The first-order chi connectivity index (χ1) is 24.8. The van der Waals surface area contributed by atoms with Gasteiger partial charge in [0, 0.05) is 27.4 Å². The van der Waals surface area contributed by atoms with Crippen molar-refractivity contribution in [3.05, 3.63) is 170 Å². The first-order valence-electron chi connectivity index (χ1n) is 17.0. The lowest BCUT2D eigenvalue weighted by atomic mass is 10.00. The van der Waals surface area contributed by atoms with Crippen molar-refractivity contribution in [2.24, 2.45) is 0 Å². The van der Waals surface area contributed by atoms with Crippen molar-refractivity contribution in [1.29, 1.82) is 0 Å². The number of hydrogen-bond acceptors (Lipinski definition) is 2. The third kappa shape index (κ3) is 3.81. The summed E-state index contributed by atoms with van der Waals surface area (Å²) in [5, 5.41) is 10.8. The molecular formula is C46H28N4. The molecule has 0 amide bonds. The van der Waals surface area contributed by atoms with Crippen LogP contribution in [0.3, 0.4) is 0 Å². The van der Waals surface area contributed by atoms with Gasteiger partial charge in [-0.15, -0.1) is 0 Å². The van der Waals surface area contributed by atoms with Crippen molar-refractivity contribution in [2.75, 3.05) is 0 Å². The number of rotatable bonds is 3. The van der Waals surface area contributed by atoms with Crippen LogP contribution in [-0.4, -0.2) is 19.1 Å². The number of fused-ring (bicyclic) bond motifs is 11. The minimum Gasteiger partial charge on any atom is -0.305 e. The Labute approximate surface area is 287 Å². The molecule has 4 heteroatoms. The standard InChI is InChI=1S/C46H28N4/c1-3-15-31(16-4-1)45-47-43-37-27-32-17-7-8-18-33(32)28-40(37)49(34-19-5-2-6-20-34)44(43)46(48-45)50-38-25-23-29-13-9-11-21-35(29)41(38)42-36-22-12-10-14-30(36)24-26-39(42)50/h1-28H.